The van der Waals surface area contributed by atoms with Gasteiger partial charge < -0.3 is 15.2 Å². The Morgan fingerprint density at radius 3 is 2.50 bits per heavy atom. The van der Waals surface area contributed by atoms with Crippen molar-refractivity contribution in [1.29, 1.82) is 0 Å². The van der Waals surface area contributed by atoms with E-state index in [0.29, 0.717) is 6.54 Å². The van der Waals surface area contributed by atoms with Gasteiger partial charge in [-0.2, -0.15) is 0 Å². The van der Waals surface area contributed by atoms with Crippen LogP contribution in [0, 0.1) is 11.8 Å². The van der Waals surface area contributed by atoms with Crippen LogP contribution in [0.5, 0.6) is 0 Å². The number of hydrogen-bond donors (Lipinski definition) is 2. The molecule has 3 atom stereocenters. The summed E-state index contributed by atoms with van der Waals surface area (Å²) in [5.74, 6) is -0.251. The predicted octanol–water partition coefficient (Wildman–Crippen LogP) is 0.478. The molecule has 0 amide bonds. The molecule has 3 nitrogen and oxygen atoms in total. The van der Waals surface area contributed by atoms with Gasteiger partial charge in [0.05, 0.1) is 6.10 Å². The Morgan fingerprint density at radius 2 is 2.17 bits per heavy atom. The van der Waals surface area contributed by atoms with Gasteiger partial charge in [0.1, 0.15) is 0 Å². The van der Waals surface area contributed by atoms with Crippen molar-refractivity contribution in [3.63, 3.8) is 0 Å². The van der Waals surface area contributed by atoms with Crippen LogP contribution in [0.3, 0.4) is 0 Å². The lowest BCUT2D eigenvalue weighted by atomic mass is 9.93. The van der Waals surface area contributed by atoms with E-state index in [1.54, 1.807) is 13.0 Å². The molecule has 0 spiro atoms. The molecule has 2 N–H and O–H groups in total. The van der Waals surface area contributed by atoms with Crippen LogP contribution in [-0.2, 0) is 0 Å². The molecule has 12 heavy (non-hydrogen) atoms. The van der Waals surface area contributed by atoms with Crippen molar-refractivity contribution in [2.24, 2.45) is 16.8 Å². The van der Waals surface area contributed by atoms with E-state index in [4.69, 9.17) is 5.11 Å². The van der Waals surface area contributed by atoms with E-state index < -0.39 is 6.10 Å². The highest BCUT2D eigenvalue weighted by Crippen LogP contribution is 2.14. The van der Waals surface area contributed by atoms with Gasteiger partial charge in [-0.3, -0.25) is 0 Å². The van der Waals surface area contributed by atoms with Gasteiger partial charge in [-0.25, -0.2) is 0 Å². The summed E-state index contributed by atoms with van der Waals surface area (Å²) in [7, 11) is 0. The summed E-state index contributed by atoms with van der Waals surface area (Å²) in [6.45, 7) is 9.14. The molecule has 0 saturated heterocycles. The van der Waals surface area contributed by atoms with Crippen molar-refractivity contribution < 1.29 is 10.2 Å². The fourth-order valence-electron chi connectivity index (χ4n) is 1.00. The number of aliphatic imine (C=N–C) groups is 1. The minimum Gasteiger partial charge on any atom is -0.396 e. The Labute approximate surface area is 73.5 Å². The first-order valence-corrected chi connectivity index (χ1v) is 4.01. The Hall–Kier alpha value is -0.670. The molecule has 70 valence electrons. The summed E-state index contributed by atoms with van der Waals surface area (Å²) in [4.78, 5) is 3.68. The second-order valence-electron chi connectivity index (χ2n) is 2.96. The zero-order chi connectivity index (χ0) is 9.56. The van der Waals surface area contributed by atoms with Crippen LogP contribution in [0.1, 0.15) is 6.92 Å². The standard InChI is InChI=1S/C9H17NO2/c1-4-8(5-10-3)9(12)7(2)6-11/h4,7-9,11-12H,1,3,5-6H2,2H3/t7-,8-,9+/m1/s1. The van der Waals surface area contributed by atoms with E-state index in [-0.39, 0.29) is 18.4 Å². The van der Waals surface area contributed by atoms with E-state index >= 15 is 0 Å². The zero-order valence-electron chi connectivity index (χ0n) is 7.48. The van der Waals surface area contributed by atoms with Crippen LogP contribution in [0.15, 0.2) is 17.6 Å². The molecule has 0 aromatic carbocycles. The van der Waals surface area contributed by atoms with Crippen LogP contribution < -0.4 is 0 Å². The number of hydrogen-bond acceptors (Lipinski definition) is 3. The minimum absolute atomic E-state index is 0.0251. The molecule has 0 aliphatic rings. The number of rotatable bonds is 6. The van der Waals surface area contributed by atoms with Crippen molar-refractivity contribution >= 4 is 6.72 Å². The molecule has 0 aliphatic heterocycles. The molecule has 0 fully saturated rings. The maximum atomic E-state index is 9.59. The molecule has 0 rings (SSSR count). The quantitative estimate of drug-likeness (QED) is 0.451. The van der Waals surface area contributed by atoms with Gasteiger partial charge in [-0.05, 0) is 6.72 Å². The molecule has 3 heteroatoms. The summed E-state index contributed by atoms with van der Waals surface area (Å²) in [5, 5.41) is 18.4. The van der Waals surface area contributed by atoms with Crippen LogP contribution in [0.4, 0.5) is 0 Å². The Bertz CT molecular complexity index is 147. The van der Waals surface area contributed by atoms with E-state index in [1.807, 2.05) is 0 Å². The first kappa shape index (κ1) is 11.3. The average molecular weight is 171 g/mol. The van der Waals surface area contributed by atoms with Crippen LogP contribution >= 0.6 is 0 Å². The molecule has 0 bridgehead atoms. The largest absolute Gasteiger partial charge is 0.396 e. The maximum Gasteiger partial charge on any atom is 0.0667 e. The molecule has 0 heterocycles. The monoisotopic (exact) mass is 171 g/mol. The lowest BCUT2D eigenvalue weighted by molar-refractivity contribution is 0.0488. The van der Waals surface area contributed by atoms with E-state index in [9.17, 15) is 5.11 Å². The van der Waals surface area contributed by atoms with Crippen molar-refractivity contribution in [2.45, 2.75) is 13.0 Å². The highest BCUT2D eigenvalue weighted by atomic mass is 16.3. The number of aliphatic hydroxyl groups is 2. The Balaban J connectivity index is 4.08. The van der Waals surface area contributed by atoms with E-state index in [0.717, 1.165) is 0 Å². The van der Waals surface area contributed by atoms with Gasteiger partial charge in [-0.15, -0.1) is 6.58 Å². The third-order valence-corrected chi connectivity index (χ3v) is 1.95. The Kier molecular flexibility index (Phi) is 5.58. The second kappa shape index (κ2) is 5.91. The lowest BCUT2D eigenvalue weighted by Crippen LogP contribution is -2.30. The lowest BCUT2D eigenvalue weighted by Gasteiger charge is -2.22. The molecule has 0 aliphatic carbocycles. The summed E-state index contributed by atoms with van der Waals surface area (Å²) in [6.07, 6.45) is 1.06. The summed E-state index contributed by atoms with van der Waals surface area (Å²) in [6, 6.07) is 0. The molecule has 0 aromatic rings. The normalized spacial score (nSPS) is 17.9. The van der Waals surface area contributed by atoms with E-state index in [2.05, 4.69) is 18.3 Å². The van der Waals surface area contributed by atoms with E-state index in [1.165, 1.54) is 0 Å². The molecule has 0 aromatic heterocycles. The van der Waals surface area contributed by atoms with Crippen LogP contribution in [0.25, 0.3) is 0 Å². The van der Waals surface area contributed by atoms with Gasteiger partial charge >= 0.3 is 0 Å². The van der Waals surface area contributed by atoms with Crippen molar-refractivity contribution in [1.82, 2.24) is 0 Å². The number of aliphatic hydroxyl groups excluding tert-OH is 2. The summed E-state index contributed by atoms with van der Waals surface area (Å²) >= 11 is 0. The number of nitrogens with zero attached hydrogens (tertiary/aromatic N) is 1. The van der Waals surface area contributed by atoms with Gasteiger partial charge in [0, 0.05) is 25.0 Å². The molecule has 0 radical (unpaired) electrons. The van der Waals surface area contributed by atoms with Crippen molar-refractivity contribution in [3.8, 4) is 0 Å². The first-order chi connectivity index (χ1) is 5.67. The highest BCUT2D eigenvalue weighted by molar-refractivity contribution is 5.23. The van der Waals surface area contributed by atoms with Crippen molar-refractivity contribution in [3.05, 3.63) is 12.7 Å². The highest BCUT2D eigenvalue weighted by Gasteiger charge is 2.20. The third-order valence-electron chi connectivity index (χ3n) is 1.95. The van der Waals surface area contributed by atoms with Gasteiger partial charge in [0.25, 0.3) is 0 Å². The van der Waals surface area contributed by atoms with Crippen LogP contribution in [0.2, 0.25) is 0 Å². The molecule has 0 unspecified atom stereocenters. The SMILES string of the molecule is C=C[C@H](CN=C)[C@@H](O)[C@H](C)CO. The molecular weight excluding hydrogens is 154 g/mol. The molecular formula is C9H17NO2. The smallest absolute Gasteiger partial charge is 0.0667 e. The fraction of sp³-hybridized carbons (Fsp3) is 0.667. The topological polar surface area (TPSA) is 52.8 Å². The zero-order valence-corrected chi connectivity index (χ0v) is 7.48. The van der Waals surface area contributed by atoms with Gasteiger partial charge in [0.2, 0.25) is 0 Å². The van der Waals surface area contributed by atoms with Gasteiger partial charge in [-0.1, -0.05) is 13.0 Å². The third kappa shape index (κ3) is 3.15. The van der Waals surface area contributed by atoms with Crippen molar-refractivity contribution in [2.75, 3.05) is 13.2 Å². The Morgan fingerprint density at radius 1 is 1.58 bits per heavy atom. The maximum absolute atomic E-state index is 9.59. The van der Waals surface area contributed by atoms with Gasteiger partial charge in [0.15, 0.2) is 0 Å². The fourth-order valence-corrected chi connectivity index (χ4v) is 1.00. The first-order valence-electron chi connectivity index (χ1n) is 4.01. The summed E-state index contributed by atoms with van der Waals surface area (Å²) < 4.78 is 0. The minimum atomic E-state index is -0.585. The van der Waals surface area contributed by atoms with Crippen LogP contribution in [-0.4, -0.2) is 36.2 Å². The summed E-state index contributed by atoms with van der Waals surface area (Å²) in [5.41, 5.74) is 0. The predicted molar refractivity (Wildman–Crippen MR) is 50.4 cm³/mol. The average Bonchev–Trinajstić information content (AvgIpc) is 2.11. The molecule has 0 saturated carbocycles. The second-order valence-corrected chi connectivity index (χ2v) is 2.96.